The summed E-state index contributed by atoms with van der Waals surface area (Å²) in [5.74, 6) is 0.191. The quantitative estimate of drug-likeness (QED) is 0.310. The van der Waals surface area contributed by atoms with E-state index in [1.54, 1.807) is 31.4 Å². The van der Waals surface area contributed by atoms with Gasteiger partial charge in [-0.2, -0.15) is 5.26 Å². The van der Waals surface area contributed by atoms with Crippen LogP contribution in [0, 0.1) is 14.9 Å². The first kappa shape index (κ1) is 19.0. The first-order valence-electron chi connectivity index (χ1n) is 6.66. The molecule has 0 saturated heterocycles. The standard InChI is InChI=1S/C17H11Br2IN2O2/c1-24-16-14(18)7-10(8-15(16)19)6-11(9-21)17(23)22-13-4-2-12(20)3-5-13/h2-8H,1H3,(H,22,23)/b11-6-. The van der Waals surface area contributed by atoms with Gasteiger partial charge in [0.05, 0.1) is 16.1 Å². The number of carbonyl (C=O) groups is 1. The number of benzene rings is 2. The number of carbonyl (C=O) groups excluding carboxylic acids is 1. The van der Waals surface area contributed by atoms with Gasteiger partial charge in [-0.3, -0.25) is 4.79 Å². The Morgan fingerprint density at radius 3 is 2.33 bits per heavy atom. The highest BCUT2D eigenvalue weighted by molar-refractivity contribution is 14.1. The van der Waals surface area contributed by atoms with Gasteiger partial charge in [-0.1, -0.05) is 0 Å². The topological polar surface area (TPSA) is 62.1 Å². The number of hydrogen-bond donors (Lipinski definition) is 1. The highest BCUT2D eigenvalue weighted by Crippen LogP contribution is 2.35. The molecule has 0 bridgehead atoms. The Balaban J connectivity index is 2.27. The first-order chi connectivity index (χ1) is 11.4. The van der Waals surface area contributed by atoms with Crippen molar-refractivity contribution < 1.29 is 9.53 Å². The van der Waals surface area contributed by atoms with Crippen LogP contribution in [0.4, 0.5) is 5.69 Å². The van der Waals surface area contributed by atoms with E-state index in [0.29, 0.717) is 17.0 Å². The third-order valence-corrected chi connectivity index (χ3v) is 4.90. The molecule has 122 valence electrons. The first-order valence-corrected chi connectivity index (χ1v) is 9.33. The molecule has 0 heterocycles. The molecule has 0 saturated carbocycles. The van der Waals surface area contributed by atoms with Crippen molar-refractivity contribution >= 4 is 72.1 Å². The van der Waals surface area contributed by atoms with Crippen LogP contribution in [0.1, 0.15) is 5.56 Å². The molecule has 4 nitrogen and oxygen atoms in total. The van der Waals surface area contributed by atoms with Gasteiger partial charge in [0, 0.05) is 9.26 Å². The monoisotopic (exact) mass is 560 g/mol. The molecule has 2 rings (SSSR count). The lowest BCUT2D eigenvalue weighted by Gasteiger charge is -2.08. The van der Waals surface area contributed by atoms with Gasteiger partial charge in [0.15, 0.2) is 0 Å². The molecule has 2 aromatic rings. The molecule has 7 heteroatoms. The zero-order valence-electron chi connectivity index (χ0n) is 12.4. The molecular formula is C17H11Br2IN2O2. The third kappa shape index (κ3) is 4.82. The number of hydrogen-bond acceptors (Lipinski definition) is 3. The molecule has 0 radical (unpaired) electrons. The number of nitrogens with zero attached hydrogens (tertiary/aromatic N) is 1. The number of nitrogens with one attached hydrogen (secondary N) is 1. The highest BCUT2D eigenvalue weighted by atomic mass is 127. The van der Waals surface area contributed by atoms with E-state index in [4.69, 9.17) is 4.74 Å². The summed E-state index contributed by atoms with van der Waals surface area (Å²) in [6.45, 7) is 0. The lowest BCUT2D eigenvalue weighted by atomic mass is 10.1. The highest BCUT2D eigenvalue weighted by Gasteiger charge is 2.12. The fraction of sp³-hybridized carbons (Fsp3) is 0.0588. The maximum Gasteiger partial charge on any atom is 0.266 e. The fourth-order valence-corrected chi connectivity index (χ4v) is 3.81. The number of halogens is 3. The van der Waals surface area contributed by atoms with Gasteiger partial charge < -0.3 is 10.1 Å². The number of rotatable bonds is 4. The summed E-state index contributed by atoms with van der Waals surface area (Å²) in [5.41, 5.74) is 1.35. The Hall–Kier alpha value is -1.37. The van der Waals surface area contributed by atoms with Gasteiger partial charge in [-0.05, 0) is 102 Å². The molecule has 0 unspecified atom stereocenters. The van der Waals surface area contributed by atoms with Crippen molar-refractivity contribution in [1.29, 1.82) is 5.26 Å². The lowest BCUT2D eigenvalue weighted by Crippen LogP contribution is -2.13. The SMILES string of the molecule is COc1c(Br)cc(/C=C(/C#N)C(=O)Nc2ccc(I)cc2)cc1Br. The van der Waals surface area contributed by atoms with Crippen molar-refractivity contribution in [3.63, 3.8) is 0 Å². The van der Waals surface area contributed by atoms with Crippen LogP contribution in [0.15, 0.2) is 50.9 Å². The van der Waals surface area contributed by atoms with Crippen molar-refractivity contribution in [2.45, 2.75) is 0 Å². The van der Waals surface area contributed by atoms with Crippen LogP contribution in [0.25, 0.3) is 6.08 Å². The number of amides is 1. The molecule has 24 heavy (non-hydrogen) atoms. The third-order valence-electron chi connectivity index (χ3n) is 3.00. The van der Waals surface area contributed by atoms with E-state index in [9.17, 15) is 10.1 Å². The van der Waals surface area contributed by atoms with Gasteiger partial charge in [0.2, 0.25) is 0 Å². The normalized spacial score (nSPS) is 10.9. The second-order valence-electron chi connectivity index (χ2n) is 4.65. The number of methoxy groups -OCH3 is 1. The zero-order chi connectivity index (χ0) is 17.7. The van der Waals surface area contributed by atoms with E-state index >= 15 is 0 Å². The van der Waals surface area contributed by atoms with Gasteiger partial charge in [-0.15, -0.1) is 0 Å². The molecule has 0 spiro atoms. The number of ether oxygens (including phenoxy) is 1. The molecule has 1 amide bonds. The predicted molar refractivity (Wildman–Crippen MR) is 110 cm³/mol. The summed E-state index contributed by atoms with van der Waals surface area (Å²) < 4.78 is 7.75. The minimum Gasteiger partial charge on any atom is -0.494 e. The second kappa shape index (κ2) is 8.65. The summed E-state index contributed by atoms with van der Waals surface area (Å²) in [5, 5.41) is 12.0. The summed E-state index contributed by atoms with van der Waals surface area (Å²) in [6.07, 6.45) is 1.52. The maximum absolute atomic E-state index is 12.3. The van der Waals surface area contributed by atoms with E-state index in [1.807, 2.05) is 18.2 Å². The average Bonchev–Trinajstić information content (AvgIpc) is 2.54. The number of anilines is 1. The molecule has 0 aromatic heterocycles. The molecule has 0 aliphatic heterocycles. The zero-order valence-corrected chi connectivity index (χ0v) is 17.8. The lowest BCUT2D eigenvalue weighted by molar-refractivity contribution is -0.112. The van der Waals surface area contributed by atoms with Crippen LogP contribution in [-0.4, -0.2) is 13.0 Å². The van der Waals surface area contributed by atoms with E-state index < -0.39 is 5.91 Å². The van der Waals surface area contributed by atoms with Crippen LogP contribution in [0.5, 0.6) is 5.75 Å². The van der Waals surface area contributed by atoms with Crippen molar-refractivity contribution in [3.05, 3.63) is 60.1 Å². The Morgan fingerprint density at radius 1 is 1.25 bits per heavy atom. The Kier molecular flexibility index (Phi) is 6.83. The van der Waals surface area contributed by atoms with Crippen LogP contribution < -0.4 is 10.1 Å². The summed E-state index contributed by atoms with van der Waals surface area (Å²) in [4.78, 5) is 12.3. The summed E-state index contributed by atoms with van der Waals surface area (Å²) in [7, 11) is 1.57. The minimum atomic E-state index is -0.457. The smallest absolute Gasteiger partial charge is 0.266 e. The largest absolute Gasteiger partial charge is 0.494 e. The second-order valence-corrected chi connectivity index (χ2v) is 7.60. The van der Waals surface area contributed by atoms with Gasteiger partial charge in [0.25, 0.3) is 5.91 Å². The van der Waals surface area contributed by atoms with Crippen molar-refractivity contribution in [3.8, 4) is 11.8 Å². The van der Waals surface area contributed by atoms with Crippen molar-refractivity contribution in [2.24, 2.45) is 0 Å². The molecular weight excluding hydrogens is 551 g/mol. The molecule has 2 aromatic carbocycles. The molecule has 0 aliphatic carbocycles. The van der Waals surface area contributed by atoms with Gasteiger partial charge >= 0.3 is 0 Å². The minimum absolute atomic E-state index is 0.0116. The van der Waals surface area contributed by atoms with Crippen molar-refractivity contribution in [1.82, 2.24) is 0 Å². The van der Waals surface area contributed by atoms with Crippen LogP contribution in [0.3, 0.4) is 0 Å². The van der Waals surface area contributed by atoms with Crippen LogP contribution in [-0.2, 0) is 4.79 Å². The molecule has 0 fully saturated rings. The predicted octanol–water partition coefficient (Wildman–Crippen LogP) is 5.37. The maximum atomic E-state index is 12.3. The fourth-order valence-electron chi connectivity index (χ4n) is 1.90. The molecule has 0 atom stereocenters. The van der Waals surface area contributed by atoms with Gasteiger partial charge in [0.1, 0.15) is 17.4 Å². The van der Waals surface area contributed by atoms with E-state index in [1.165, 1.54) is 6.08 Å². The van der Waals surface area contributed by atoms with E-state index in [2.05, 4.69) is 59.8 Å². The van der Waals surface area contributed by atoms with E-state index in [0.717, 1.165) is 12.5 Å². The molecule has 0 aliphatic rings. The molecule has 1 N–H and O–H groups in total. The van der Waals surface area contributed by atoms with Crippen LogP contribution >= 0.6 is 54.5 Å². The number of nitriles is 1. The van der Waals surface area contributed by atoms with E-state index in [-0.39, 0.29) is 5.57 Å². The summed E-state index contributed by atoms with van der Waals surface area (Å²) >= 11 is 8.98. The van der Waals surface area contributed by atoms with Crippen LogP contribution in [0.2, 0.25) is 0 Å². The van der Waals surface area contributed by atoms with Crippen molar-refractivity contribution in [2.75, 3.05) is 12.4 Å². The average molecular weight is 562 g/mol. The Morgan fingerprint density at radius 2 is 1.83 bits per heavy atom. The summed E-state index contributed by atoms with van der Waals surface area (Å²) in [6, 6.07) is 12.8. The Bertz CT molecular complexity index is 820. The Labute approximate surface area is 170 Å². The van der Waals surface area contributed by atoms with Gasteiger partial charge in [-0.25, -0.2) is 0 Å².